The SMILES string of the molecule is Cc1ccc([C@H](O)CNC(=O)CCC(=O)O[C@@H]2CC[C@@H]3[C@H]4CCC5=CC(=O)CC[C@]5(C)[C@H]4CC[C@@]32C)cn1. The summed E-state index contributed by atoms with van der Waals surface area (Å²) in [6.07, 6.45) is 10.6. The predicted molar refractivity (Wildman–Crippen MR) is 143 cm³/mol. The average molecular weight is 523 g/mol. The van der Waals surface area contributed by atoms with Gasteiger partial charge in [-0.2, -0.15) is 0 Å². The number of carbonyl (C=O) groups is 3. The van der Waals surface area contributed by atoms with E-state index in [9.17, 15) is 19.5 Å². The molecule has 0 radical (unpaired) electrons. The molecule has 5 rings (SSSR count). The number of amides is 1. The summed E-state index contributed by atoms with van der Waals surface area (Å²) >= 11 is 0. The van der Waals surface area contributed by atoms with Crippen LogP contribution in [0.25, 0.3) is 0 Å². The summed E-state index contributed by atoms with van der Waals surface area (Å²) < 4.78 is 6.03. The Hall–Kier alpha value is -2.54. The summed E-state index contributed by atoms with van der Waals surface area (Å²) in [7, 11) is 0. The van der Waals surface area contributed by atoms with E-state index in [0.29, 0.717) is 29.7 Å². The minimum atomic E-state index is -0.841. The first-order valence-corrected chi connectivity index (χ1v) is 14.4. The number of nitrogens with zero attached hydrogens (tertiary/aromatic N) is 1. The van der Waals surface area contributed by atoms with Crippen molar-refractivity contribution >= 4 is 17.7 Å². The molecule has 7 heteroatoms. The normalized spacial score (nSPS) is 34.8. The number of aliphatic hydroxyl groups is 1. The molecule has 1 heterocycles. The van der Waals surface area contributed by atoms with Crippen LogP contribution in [-0.2, 0) is 19.1 Å². The van der Waals surface area contributed by atoms with Crippen molar-refractivity contribution < 1.29 is 24.2 Å². The summed E-state index contributed by atoms with van der Waals surface area (Å²) in [4.78, 5) is 41.3. The Morgan fingerprint density at radius 1 is 1.11 bits per heavy atom. The first-order valence-electron chi connectivity index (χ1n) is 14.4. The molecule has 4 aliphatic carbocycles. The van der Waals surface area contributed by atoms with Crippen molar-refractivity contribution in [2.24, 2.45) is 28.6 Å². The van der Waals surface area contributed by atoms with E-state index in [4.69, 9.17) is 4.74 Å². The molecule has 38 heavy (non-hydrogen) atoms. The van der Waals surface area contributed by atoms with Gasteiger partial charge in [0, 0.05) is 42.3 Å². The van der Waals surface area contributed by atoms with E-state index >= 15 is 0 Å². The number of esters is 1. The first kappa shape index (κ1) is 27.0. The van der Waals surface area contributed by atoms with E-state index in [1.165, 1.54) is 5.57 Å². The molecule has 7 atom stereocenters. The minimum absolute atomic E-state index is 0.0205. The molecule has 0 unspecified atom stereocenters. The fourth-order valence-electron chi connectivity index (χ4n) is 8.23. The number of nitrogens with one attached hydrogen (secondary N) is 1. The summed E-state index contributed by atoms with van der Waals surface area (Å²) in [5.74, 6) is 1.46. The van der Waals surface area contributed by atoms with Gasteiger partial charge in [0.15, 0.2) is 5.78 Å². The van der Waals surface area contributed by atoms with Crippen molar-refractivity contribution in [3.8, 4) is 0 Å². The number of hydrogen-bond acceptors (Lipinski definition) is 6. The van der Waals surface area contributed by atoms with Gasteiger partial charge in [-0.15, -0.1) is 0 Å². The second-order valence-electron chi connectivity index (χ2n) is 12.6. The number of aliphatic hydroxyl groups excluding tert-OH is 1. The Bertz CT molecular complexity index is 1110. The number of allylic oxidation sites excluding steroid dienone is 1. The number of ketones is 1. The van der Waals surface area contributed by atoms with Crippen molar-refractivity contribution in [2.75, 3.05) is 6.54 Å². The zero-order chi connectivity index (χ0) is 27.1. The maximum absolute atomic E-state index is 12.8. The van der Waals surface area contributed by atoms with Gasteiger partial charge >= 0.3 is 5.97 Å². The lowest BCUT2D eigenvalue weighted by atomic mass is 9.47. The molecule has 0 aliphatic heterocycles. The maximum Gasteiger partial charge on any atom is 0.306 e. The van der Waals surface area contributed by atoms with Gasteiger partial charge in [-0.05, 0) is 87.2 Å². The van der Waals surface area contributed by atoms with Gasteiger partial charge in [0.05, 0.1) is 12.5 Å². The van der Waals surface area contributed by atoms with E-state index in [0.717, 1.165) is 50.6 Å². The Balaban J connectivity index is 1.12. The van der Waals surface area contributed by atoms with Crippen molar-refractivity contribution in [1.29, 1.82) is 0 Å². The predicted octanol–water partition coefficient (Wildman–Crippen LogP) is 4.76. The van der Waals surface area contributed by atoms with E-state index in [-0.39, 0.29) is 54.0 Å². The van der Waals surface area contributed by atoms with Crippen LogP contribution < -0.4 is 5.32 Å². The summed E-state index contributed by atoms with van der Waals surface area (Å²) in [5.41, 5.74) is 3.00. The monoisotopic (exact) mass is 522 g/mol. The molecule has 3 fully saturated rings. The molecule has 3 saturated carbocycles. The van der Waals surface area contributed by atoms with Gasteiger partial charge < -0.3 is 15.2 Å². The van der Waals surface area contributed by atoms with Crippen LogP contribution in [0.5, 0.6) is 0 Å². The quantitative estimate of drug-likeness (QED) is 0.500. The van der Waals surface area contributed by atoms with Crippen LogP contribution >= 0.6 is 0 Å². The average Bonchev–Trinajstić information content (AvgIpc) is 3.22. The van der Waals surface area contributed by atoms with Crippen molar-refractivity contribution in [3.05, 3.63) is 41.2 Å². The van der Waals surface area contributed by atoms with Gasteiger partial charge in [-0.1, -0.05) is 25.5 Å². The van der Waals surface area contributed by atoms with Gasteiger partial charge in [0.25, 0.3) is 0 Å². The zero-order valence-electron chi connectivity index (χ0n) is 23.0. The van der Waals surface area contributed by atoms with Crippen molar-refractivity contribution in [2.45, 2.75) is 97.2 Å². The Morgan fingerprint density at radius 3 is 2.68 bits per heavy atom. The highest BCUT2D eigenvalue weighted by Crippen LogP contribution is 2.65. The highest BCUT2D eigenvalue weighted by Gasteiger charge is 2.59. The first-order chi connectivity index (χ1) is 18.1. The Kier molecular flexibility index (Phi) is 7.51. The van der Waals surface area contributed by atoms with E-state index in [2.05, 4.69) is 24.1 Å². The molecule has 0 aromatic carbocycles. The van der Waals surface area contributed by atoms with E-state index in [1.54, 1.807) is 12.3 Å². The second-order valence-corrected chi connectivity index (χ2v) is 12.6. The summed E-state index contributed by atoms with van der Waals surface area (Å²) in [5, 5.41) is 13.0. The molecule has 0 saturated heterocycles. The third kappa shape index (κ3) is 5.06. The minimum Gasteiger partial charge on any atom is -0.462 e. The fourth-order valence-corrected chi connectivity index (χ4v) is 8.23. The van der Waals surface area contributed by atoms with Crippen LogP contribution in [0.3, 0.4) is 0 Å². The molecular formula is C31H42N2O5. The number of aryl methyl sites for hydroxylation is 1. The van der Waals surface area contributed by atoms with Crippen molar-refractivity contribution in [1.82, 2.24) is 10.3 Å². The van der Waals surface area contributed by atoms with Gasteiger partial charge in [-0.3, -0.25) is 19.4 Å². The number of carbonyl (C=O) groups excluding carboxylic acids is 3. The summed E-state index contributed by atoms with van der Waals surface area (Å²) in [6.45, 7) is 6.65. The highest BCUT2D eigenvalue weighted by atomic mass is 16.5. The van der Waals surface area contributed by atoms with Crippen molar-refractivity contribution in [3.63, 3.8) is 0 Å². The number of pyridine rings is 1. The van der Waals surface area contributed by atoms with Gasteiger partial charge in [0.1, 0.15) is 6.10 Å². The molecule has 4 aliphatic rings. The van der Waals surface area contributed by atoms with Gasteiger partial charge in [-0.25, -0.2) is 0 Å². The topological polar surface area (TPSA) is 106 Å². The zero-order valence-corrected chi connectivity index (χ0v) is 23.0. The van der Waals surface area contributed by atoms with E-state index in [1.807, 2.05) is 19.1 Å². The molecule has 1 amide bonds. The lowest BCUT2D eigenvalue weighted by Crippen LogP contribution is -2.51. The highest BCUT2D eigenvalue weighted by molar-refractivity contribution is 5.91. The van der Waals surface area contributed by atoms with Crippen LogP contribution in [-0.4, -0.2) is 40.4 Å². The number of rotatable bonds is 7. The number of hydrogen-bond donors (Lipinski definition) is 2. The molecule has 1 aromatic heterocycles. The fraction of sp³-hybridized carbons (Fsp3) is 0.677. The number of aromatic nitrogens is 1. The molecule has 1 aromatic rings. The lowest BCUT2D eigenvalue weighted by Gasteiger charge is -2.57. The maximum atomic E-state index is 12.8. The third-order valence-corrected chi connectivity index (χ3v) is 10.5. The summed E-state index contributed by atoms with van der Waals surface area (Å²) in [6, 6.07) is 3.61. The third-order valence-electron chi connectivity index (χ3n) is 10.5. The smallest absolute Gasteiger partial charge is 0.306 e. The molecule has 0 spiro atoms. The molecular weight excluding hydrogens is 480 g/mol. The van der Waals surface area contributed by atoms with E-state index < -0.39 is 6.10 Å². The van der Waals surface area contributed by atoms with Crippen LogP contribution in [0.15, 0.2) is 30.0 Å². The largest absolute Gasteiger partial charge is 0.462 e. The Labute approximate surface area is 225 Å². The molecule has 2 N–H and O–H groups in total. The Morgan fingerprint density at radius 2 is 1.92 bits per heavy atom. The van der Waals surface area contributed by atoms with Crippen LogP contribution in [0.4, 0.5) is 0 Å². The molecule has 7 nitrogen and oxygen atoms in total. The number of ether oxygens (including phenoxy) is 1. The lowest BCUT2D eigenvalue weighted by molar-refractivity contribution is -0.160. The van der Waals surface area contributed by atoms with Crippen LogP contribution in [0.1, 0.15) is 95.4 Å². The standard InChI is InChI=1S/C31H42N2O5/c1-19-4-5-20(17-32-19)26(35)18-33-28(36)10-11-29(37)38-27-9-8-24-23-7-6-21-16-22(34)12-14-30(21,2)25(23)13-15-31(24,27)3/h4-5,16-17,23-27,35H,6-15,18H2,1-3H3,(H,33,36)/t23-,24-,25+,26-,27-,30+,31+/m1/s1. The van der Waals surface area contributed by atoms with Crippen LogP contribution in [0.2, 0.25) is 0 Å². The van der Waals surface area contributed by atoms with Gasteiger partial charge in [0.2, 0.25) is 5.91 Å². The van der Waals surface area contributed by atoms with Crippen LogP contribution in [0, 0.1) is 35.5 Å². The number of fused-ring (bicyclic) bond motifs is 5. The molecule has 206 valence electrons. The second kappa shape index (κ2) is 10.6. The molecule has 0 bridgehead atoms.